The largest absolute Gasteiger partial charge is 0.462 e. The van der Waals surface area contributed by atoms with Crippen molar-refractivity contribution in [2.24, 2.45) is 11.3 Å². The molecule has 0 rings (SSSR count). The zero-order valence-electron chi connectivity index (χ0n) is 13.2. The molecule has 0 saturated heterocycles. The van der Waals surface area contributed by atoms with E-state index in [1.807, 2.05) is 20.8 Å². The van der Waals surface area contributed by atoms with Gasteiger partial charge in [0.1, 0.15) is 13.2 Å². The molecule has 0 aromatic heterocycles. The molecule has 0 fully saturated rings. The lowest BCUT2D eigenvalue weighted by Gasteiger charge is -2.35. The third-order valence-corrected chi connectivity index (χ3v) is 3.61. The van der Waals surface area contributed by atoms with Crippen molar-refractivity contribution in [1.29, 1.82) is 0 Å². The van der Waals surface area contributed by atoms with E-state index >= 15 is 0 Å². The van der Waals surface area contributed by atoms with Crippen LogP contribution in [0.5, 0.6) is 0 Å². The summed E-state index contributed by atoms with van der Waals surface area (Å²) < 4.78 is 10.5. The number of ether oxygens (including phenoxy) is 2. The van der Waals surface area contributed by atoms with E-state index in [4.69, 9.17) is 9.47 Å². The van der Waals surface area contributed by atoms with E-state index in [-0.39, 0.29) is 19.1 Å². The predicted octanol–water partition coefficient (Wildman–Crippen LogP) is 3.28. The second kappa shape index (κ2) is 7.88. The molecule has 0 aliphatic rings. The highest BCUT2D eigenvalue weighted by molar-refractivity contribution is 5.87. The Morgan fingerprint density at radius 2 is 1.35 bits per heavy atom. The molecule has 0 saturated carbocycles. The third-order valence-electron chi connectivity index (χ3n) is 3.61. The second-order valence-electron chi connectivity index (χ2n) is 5.58. The maximum absolute atomic E-state index is 11.5. The van der Waals surface area contributed by atoms with Crippen molar-refractivity contribution in [2.75, 3.05) is 13.2 Å². The Bertz CT molecular complexity index is 363. The Morgan fingerprint density at radius 3 is 1.55 bits per heavy atom. The molecule has 0 N–H and O–H groups in total. The van der Waals surface area contributed by atoms with Crippen molar-refractivity contribution in [3.05, 3.63) is 24.3 Å². The van der Waals surface area contributed by atoms with E-state index in [9.17, 15) is 9.59 Å². The minimum Gasteiger partial charge on any atom is -0.462 e. The zero-order valence-corrected chi connectivity index (χ0v) is 13.2. The Labute approximate surface area is 121 Å². The molecule has 20 heavy (non-hydrogen) atoms. The number of hydrogen-bond donors (Lipinski definition) is 0. The van der Waals surface area contributed by atoms with Crippen LogP contribution in [0.3, 0.4) is 0 Å². The van der Waals surface area contributed by atoms with Crippen molar-refractivity contribution in [3.8, 4) is 0 Å². The zero-order chi connectivity index (χ0) is 15.9. The molecule has 4 heteroatoms. The van der Waals surface area contributed by atoms with Crippen LogP contribution in [-0.4, -0.2) is 25.2 Å². The fourth-order valence-corrected chi connectivity index (χ4v) is 1.65. The second-order valence-corrected chi connectivity index (χ2v) is 5.58. The average Bonchev–Trinajstić information content (AvgIpc) is 2.37. The first-order valence-electron chi connectivity index (χ1n) is 6.81. The molecule has 4 nitrogen and oxygen atoms in total. The number of carbonyl (C=O) groups excluding carboxylic acids is 2. The van der Waals surface area contributed by atoms with Crippen molar-refractivity contribution < 1.29 is 19.1 Å². The molecule has 0 atom stereocenters. The Morgan fingerprint density at radius 1 is 1.00 bits per heavy atom. The van der Waals surface area contributed by atoms with Crippen LogP contribution < -0.4 is 0 Å². The van der Waals surface area contributed by atoms with Gasteiger partial charge in [-0.2, -0.15) is 0 Å². The summed E-state index contributed by atoms with van der Waals surface area (Å²) in [4.78, 5) is 23.1. The van der Waals surface area contributed by atoms with Gasteiger partial charge < -0.3 is 9.47 Å². The lowest BCUT2D eigenvalue weighted by atomic mass is 9.76. The van der Waals surface area contributed by atoms with Gasteiger partial charge >= 0.3 is 11.9 Å². The van der Waals surface area contributed by atoms with Gasteiger partial charge in [0.05, 0.1) is 0 Å². The van der Waals surface area contributed by atoms with Crippen LogP contribution >= 0.6 is 0 Å². The maximum atomic E-state index is 11.5. The summed E-state index contributed by atoms with van der Waals surface area (Å²) in [5.74, 6) is -0.646. The number of esters is 2. The van der Waals surface area contributed by atoms with Gasteiger partial charge in [-0.3, -0.25) is 0 Å². The first kappa shape index (κ1) is 18.4. The molecule has 0 bridgehead atoms. The van der Waals surface area contributed by atoms with Gasteiger partial charge in [0.2, 0.25) is 0 Å². The molecule has 0 aliphatic carbocycles. The van der Waals surface area contributed by atoms with Crippen LogP contribution in [0.15, 0.2) is 24.3 Å². The SMILES string of the molecule is C=C(C)C(=O)OCC(CC)(COC(=O)C(=C)C)C(C)C. The smallest absolute Gasteiger partial charge is 0.333 e. The first-order valence-corrected chi connectivity index (χ1v) is 6.81. The lowest BCUT2D eigenvalue weighted by molar-refractivity contribution is -0.152. The predicted molar refractivity (Wildman–Crippen MR) is 79.1 cm³/mol. The summed E-state index contributed by atoms with van der Waals surface area (Å²) in [7, 11) is 0. The van der Waals surface area contributed by atoms with Crippen LogP contribution in [0.4, 0.5) is 0 Å². The van der Waals surface area contributed by atoms with Gasteiger partial charge in [0.15, 0.2) is 0 Å². The molecule has 0 radical (unpaired) electrons. The van der Waals surface area contributed by atoms with Crippen LogP contribution in [0, 0.1) is 11.3 Å². The fourth-order valence-electron chi connectivity index (χ4n) is 1.65. The monoisotopic (exact) mass is 282 g/mol. The highest BCUT2D eigenvalue weighted by Crippen LogP contribution is 2.32. The van der Waals surface area contributed by atoms with Gasteiger partial charge in [-0.05, 0) is 26.2 Å². The van der Waals surface area contributed by atoms with E-state index in [1.54, 1.807) is 13.8 Å². The van der Waals surface area contributed by atoms with Gasteiger partial charge in [-0.1, -0.05) is 33.9 Å². The summed E-state index contributed by atoms with van der Waals surface area (Å²) in [5.41, 5.74) is 0.325. The summed E-state index contributed by atoms with van der Waals surface area (Å²) in [6.07, 6.45) is 0.734. The molecule has 0 heterocycles. The molecule has 114 valence electrons. The Balaban J connectivity index is 4.83. The van der Waals surface area contributed by atoms with Crippen LogP contribution in [-0.2, 0) is 19.1 Å². The highest BCUT2D eigenvalue weighted by atomic mass is 16.5. The average molecular weight is 282 g/mol. The van der Waals surface area contributed by atoms with Gasteiger partial charge in [-0.25, -0.2) is 9.59 Å². The number of rotatable bonds is 8. The lowest BCUT2D eigenvalue weighted by Crippen LogP contribution is -2.38. The van der Waals surface area contributed by atoms with Crippen molar-refractivity contribution in [2.45, 2.75) is 41.0 Å². The quantitative estimate of drug-likeness (QED) is 0.506. The Hall–Kier alpha value is -1.58. The molecule has 0 amide bonds. The summed E-state index contributed by atoms with van der Waals surface area (Å²) in [6, 6.07) is 0. The number of carbonyl (C=O) groups is 2. The van der Waals surface area contributed by atoms with Crippen LogP contribution in [0.1, 0.15) is 41.0 Å². The molecular formula is C16H26O4. The van der Waals surface area contributed by atoms with Crippen LogP contribution in [0.2, 0.25) is 0 Å². The molecule has 0 aromatic rings. The van der Waals surface area contributed by atoms with Crippen LogP contribution in [0.25, 0.3) is 0 Å². The molecule has 0 unspecified atom stereocenters. The van der Waals surface area contributed by atoms with E-state index in [0.717, 1.165) is 6.42 Å². The van der Waals surface area contributed by atoms with E-state index < -0.39 is 17.4 Å². The van der Waals surface area contributed by atoms with E-state index in [0.29, 0.717) is 11.1 Å². The molecule has 0 aromatic carbocycles. The minimum absolute atomic E-state index is 0.198. The summed E-state index contributed by atoms with van der Waals surface area (Å²) in [5, 5.41) is 0. The standard InChI is InChI=1S/C16H26O4/c1-8-16(13(6)7,9-19-14(17)11(2)3)10-20-15(18)12(4)5/h13H,2,4,8-10H2,1,3,5-7H3. The minimum atomic E-state index is -0.422. The van der Waals surface area contributed by atoms with E-state index in [1.165, 1.54) is 0 Å². The molecule has 0 aliphatic heterocycles. The molecular weight excluding hydrogens is 256 g/mol. The van der Waals surface area contributed by atoms with Gasteiger partial charge in [0, 0.05) is 16.6 Å². The fraction of sp³-hybridized carbons (Fsp3) is 0.625. The van der Waals surface area contributed by atoms with Crippen molar-refractivity contribution in [1.82, 2.24) is 0 Å². The third kappa shape index (κ3) is 5.19. The topological polar surface area (TPSA) is 52.6 Å². The highest BCUT2D eigenvalue weighted by Gasteiger charge is 2.35. The number of hydrogen-bond acceptors (Lipinski definition) is 4. The van der Waals surface area contributed by atoms with E-state index in [2.05, 4.69) is 13.2 Å². The Kier molecular flexibility index (Phi) is 7.25. The first-order chi connectivity index (χ1) is 9.16. The molecule has 0 spiro atoms. The summed E-state index contributed by atoms with van der Waals surface area (Å²) in [6.45, 7) is 16.8. The summed E-state index contributed by atoms with van der Waals surface area (Å²) >= 11 is 0. The van der Waals surface area contributed by atoms with Gasteiger partial charge in [0.25, 0.3) is 0 Å². The van der Waals surface area contributed by atoms with Crippen molar-refractivity contribution in [3.63, 3.8) is 0 Å². The maximum Gasteiger partial charge on any atom is 0.333 e. The normalized spacial score (nSPS) is 11.1. The van der Waals surface area contributed by atoms with Crippen molar-refractivity contribution >= 4 is 11.9 Å². The van der Waals surface area contributed by atoms with Gasteiger partial charge in [-0.15, -0.1) is 0 Å².